The van der Waals surface area contributed by atoms with E-state index >= 15 is 0 Å². The molecule has 0 spiro atoms. The highest BCUT2D eigenvalue weighted by Gasteiger charge is 2.30. The molecule has 0 aromatic carbocycles. The molecule has 1 amide bonds. The summed E-state index contributed by atoms with van der Waals surface area (Å²) >= 11 is 0. The van der Waals surface area contributed by atoms with Crippen molar-refractivity contribution >= 4 is 5.91 Å². The summed E-state index contributed by atoms with van der Waals surface area (Å²) < 4.78 is 5.19. The highest BCUT2D eigenvalue weighted by Crippen LogP contribution is 2.22. The number of aromatic nitrogens is 3. The van der Waals surface area contributed by atoms with E-state index in [4.69, 9.17) is 4.52 Å². The van der Waals surface area contributed by atoms with Gasteiger partial charge in [0.15, 0.2) is 0 Å². The van der Waals surface area contributed by atoms with Crippen molar-refractivity contribution < 1.29 is 9.32 Å². The van der Waals surface area contributed by atoms with Gasteiger partial charge in [-0.1, -0.05) is 11.6 Å². The Bertz CT molecular complexity index is 703. The molecule has 0 N–H and O–H groups in total. The molecule has 0 bridgehead atoms. The average molecular weight is 341 g/mol. The molecule has 2 aromatic heterocycles. The Hall–Kier alpha value is -2.28. The first kappa shape index (κ1) is 16.2. The Morgan fingerprint density at radius 1 is 1.12 bits per heavy atom. The van der Waals surface area contributed by atoms with Crippen LogP contribution in [0.5, 0.6) is 0 Å². The zero-order chi connectivity index (χ0) is 17.1. The molecule has 25 heavy (non-hydrogen) atoms. The molecule has 7 nitrogen and oxygen atoms in total. The minimum Gasteiger partial charge on any atom is -0.334 e. The van der Waals surface area contributed by atoms with Gasteiger partial charge in [-0.05, 0) is 50.9 Å². The first-order valence-corrected chi connectivity index (χ1v) is 9.09. The van der Waals surface area contributed by atoms with Crippen molar-refractivity contribution in [2.75, 3.05) is 26.2 Å². The van der Waals surface area contributed by atoms with Crippen LogP contribution < -0.4 is 0 Å². The minimum atomic E-state index is -0.167. The van der Waals surface area contributed by atoms with Crippen molar-refractivity contribution in [2.24, 2.45) is 0 Å². The molecular weight excluding hydrogens is 318 g/mol. The Balaban J connectivity index is 1.37. The monoisotopic (exact) mass is 341 g/mol. The van der Waals surface area contributed by atoms with E-state index in [1.54, 1.807) is 18.5 Å². The van der Waals surface area contributed by atoms with Crippen molar-refractivity contribution in [3.8, 4) is 11.4 Å². The molecule has 2 aliphatic heterocycles. The van der Waals surface area contributed by atoms with E-state index < -0.39 is 0 Å². The molecule has 0 unspecified atom stereocenters. The van der Waals surface area contributed by atoms with Gasteiger partial charge in [-0.2, -0.15) is 4.98 Å². The SMILES string of the molecule is O=C(c1nc(-c2cccnc2)no1)N1CCC(N2CCCCC2)CC1. The lowest BCUT2D eigenvalue weighted by molar-refractivity contribution is 0.0547. The highest BCUT2D eigenvalue weighted by molar-refractivity contribution is 5.90. The lowest BCUT2D eigenvalue weighted by atomic mass is 10.00. The second-order valence-corrected chi connectivity index (χ2v) is 6.78. The molecule has 2 aromatic rings. The predicted octanol–water partition coefficient (Wildman–Crippen LogP) is 2.22. The van der Waals surface area contributed by atoms with Crippen LogP contribution in [0.4, 0.5) is 0 Å². The van der Waals surface area contributed by atoms with Crippen LogP contribution in [-0.4, -0.2) is 63.1 Å². The molecular formula is C18H23N5O2. The maximum atomic E-state index is 12.6. The van der Waals surface area contributed by atoms with E-state index in [0.717, 1.165) is 31.5 Å². The number of hydrogen-bond donors (Lipinski definition) is 0. The number of carbonyl (C=O) groups is 1. The summed E-state index contributed by atoms with van der Waals surface area (Å²) in [6, 6.07) is 4.26. The number of carbonyl (C=O) groups excluding carboxylic acids is 1. The molecule has 2 aliphatic rings. The highest BCUT2D eigenvalue weighted by atomic mass is 16.5. The number of pyridine rings is 1. The molecule has 4 rings (SSSR count). The zero-order valence-electron chi connectivity index (χ0n) is 14.3. The third-order valence-electron chi connectivity index (χ3n) is 5.19. The molecule has 2 fully saturated rings. The van der Waals surface area contributed by atoms with Gasteiger partial charge in [-0.3, -0.25) is 9.78 Å². The molecule has 0 radical (unpaired) electrons. The van der Waals surface area contributed by atoms with Crippen LogP contribution in [0.15, 0.2) is 29.0 Å². The lowest BCUT2D eigenvalue weighted by Crippen LogP contribution is -2.48. The predicted molar refractivity (Wildman–Crippen MR) is 91.9 cm³/mol. The van der Waals surface area contributed by atoms with Gasteiger partial charge >= 0.3 is 11.8 Å². The molecule has 4 heterocycles. The van der Waals surface area contributed by atoms with Crippen molar-refractivity contribution in [3.05, 3.63) is 30.4 Å². The van der Waals surface area contributed by atoms with Crippen LogP contribution in [0, 0.1) is 0 Å². The smallest absolute Gasteiger partial charge is 0.316 e. The number of piperidine rings is 2. The number of nitrogens with zero attached hydrogens (tertiary/aromatic N) is 5. The fourth-order valence-electron chi connectivity index (χ4n) is 3.78. The second kappa shape index (κ2) is 7.31. The summed E-state index contributed by atoms with van der Waals surface area (Å²) in [6.45, 7) is 3.92. The zero-order valence-corrected chi connectivity index (χ0v) is 14.3. The normalized spacial score (nSPS) is 19.9. The van der Waals surface area contributed by atoms with Gasteiger partial charge in [0.2, 0.25) is 5.82 Å². The van der Waals surface area contributed by atoms with E-state index in [1.807, 2.05) is 11.0 Å². The molecule has 0 atom stereocenters. The van der Waals surface area contributed by atoms with E-state index in [0.29, 0.717) is 11.9 Å². The summed E-state index contributed by atoms with van der Waals surface area (Å²) in [5.41, 5.74) is 0.745. The minimum absolute atomic E-state index is 0.0651. The molecule has 0 saturated carbocycles. The Morgan fingerprint density at radius 3 is 2.64 bits per heavy atom. The fraction of sp³-hybridized carbons (Fsp3) is 0.556. The molecule has 2 saturated heterocycles. The van der Waals surface area contributed by atoms with Gasteiger partial charge in [0.25, 0.3) is 0 Å². The maximum absolute atomic E-state index is 12.6. The van der Waals surface area contributed by atoms with Gasteiger partial charge in [-0.25, -0.2) is 0 Å². The summed E-state index contributed by atoms with van der Waals surface area (Å²) in [5.74, 6) is 0.301. The van der Waals surface area contributed by atoms with Gasteiger partial charge < -0.3 is 14.3 Å². The van der Waals surface area contributed by atoms with Crippen LogP contribution >= 0.6 is 0 Å². The average Bonchev–Trinajstić information content (AvgIpc) is 3.19. The number of amides is 1. The quantitative estimate of drug-likeness (QED) is 0.852. The third-order valence-corrected chi connectivity index (χ3v) is 5.19. The van der Waals surface area contributed by atoms with Gasteiger partial charge in [0.1, 0.15) is 0 Å². The fourth-order valence-corrected chi connectivity index (χ4v) is 3.78. The molecule has 7 heteroatoms. The number of hydrogen-bond acceptors (Lipinski definition) is 6. The van der Waals surface area contributed by atoms with E-state index in [2.05, 4.69) is 20.0 Å². The first-order chi connectivity index (χ1) is 12.3. The Labute approximate surface area is 147 Å². The lowest BCUT2D eigenvalue weighted by Gasteiger charge is -2.39. The van der Waals surface area contributed by atoms with E-state index in [9.17, 15) is 4.79 Å². The van der Waals surface area contributed by atoms with Crippen molar-refractivity contribution in [1.29, 1.82) is 0 Å². The van der Waals surface area contributed by atoms with E-state index in [1.165, 1.54) is 32.4 Å². The molecule has 132 valence electrons. The van der Waals surface area contributed by atoms with Crippen molar-refractivity contribution in [2.45, 2.75) is 38.1 Å². The van der Waals surface area contributed by atoms with Crippen LogP contribution in [0.25, 0.3) is 11.4 Å². The Morgan fingerprint density at radius 2 is 1.92 bits per heavy atom. The van der Waals surface area contributed by atoms with Crippen LogP contribution in [-0.2, 0) is 0 Å². The topological polar surface area (TPSA) is 75.4 Å². The van der Waals surface area contributed by atoms with E-state index in [-0.39, 0.29) is 11.8 Å². The first-order valence-electron chi connectivity index (χ1n) is 9.09. The van der Waals surface area contributed by atoms with Crippen molar-refractivity contribution in [1.82, 2.24) is 24.9 Å². The largest absolute Gasteiger partial charge is 0.334 e. The van der Waals surface area contributed by atoms with Crippen LogP contribution in [0.3, 0.4) is 0 Å². The van der Waals surface area contributed by atoms with Gasteiger partial charge in [0.05, 0.1) is 0 Å². The number of rotatable bonds is 3. The maximum Gasteiger partial charge on any atom is 0.316 e. The Kier molecular flexibility index (Phi) is 4.74. The molecule has 0 aliphatic carbocycles. The summed E-state index contributed by atoms with van der Waals surface area (Å²) in [4.78, 5) is 25.3. The standard InChI is InChI=1S/C18H23N5O2/c24-18(17-20-16(21-25-17)14-5-4-8-19-13-14)23-11-6-15(7-12-23)22-9-2-1-3-10-22/h4-5,8,13,15H,1-3,6-7,9-12H2. The van der Waals surface area contributed by atoms with Gasteiger partial charge in [0, 0.05) is 37.1 Å². The summed E-state index contributed by atoms with van der Waals surface area (Å²) in [6.07, 6.45) is 9.34. The third kappa shape index (κ3) is 3.56. The van der Waals surface area contributed by atoms with Crippen LogP contribution in [0.2, 0.25) is 0 Å². The summed E-state index contributed by atoms with van der Waals surface area (Å²) in [7, 11) is 0. The second-order valence-electron chi connectivity index (χ2n) is 6.78. The van der Waals surface area contributed by atoms with Crippen molar-refractivity contribution in [3.63, 3.8) is 0 Å². The number of likely N-dealkylation sites (tertiary alicyclic amines) is 2. The van der Waals surface area contributed by atoms with Crippen LogP contribution in [0.1, 0.15) is 42.8 Å². The van der Waals surface area contributed by atoms with Gasteiger partial charge in [-0.15, -0.1) is 0 Å². The summed E-state index contributed by atoms with van der Waals surface area (Å²) in [5, 5.41) is 3.91.